The molecule has 1 atom stereocenters. The van der Waals surface area contributed by atoms with Crippen molar-refractivity contribution >= 4 is 17.7 Å². The second-order valence-corrected chi connectivity index (χ2v) is 6.84. The van der Waals surface area contributed by atoms with Gasteiger partial charge >= 0.3 is 5.97 Å². The molecule has 0 bridgehead atoms. The van der Waals surface area contributed by atoms with Crippen LogP contribution in [0.2, 0.25) is 0 Å². The molecule has 0 aromatic carbocycles. The van der Waals surface area contributed by atoms with Crippen LogP contribution in [0.15, 0.2) is 0 Å². The summed E-state index contributed by atoms with van der Waals surface area (Å²) in [7, 11) is 1.45. The van der Waals surface area contributed by atoms with E-state index in [0.29, 0.717) is 0 Å². The van der Waals surface area contributed by atoms with Gasteiger partial charge in [0.1, 0.15) is 0 Å². The normalized spacial score (nSPS) is 12.5. The van der Waals surface area contributed by atoms with E-state index in [1.165, 1.54) is 89.5 Å². The van der Waals surface area contributed by atoms with Gasteiger partial charge in [-0.25, -0.2) is 4.79 Å². The van der Waals surface area contributed by atoms with Gasteiger partial charge in [-0.2, -0.15) is 0 Å². The number of carboxylic acid groups (broad SMARTS) is 1. The van der Waals surface area contributed by atoms with E-state index in [9.17, 15) is 4.79 Å². The molecule has 0 saturated carbocycles. The molecule has 0 rings (SSSR count). The Morgan fingerprint density at radius 3 is 1.71 bits per heavy atom. The predicted octanol–water partition coefficient (Wildman–Crippen LogP) is 5.48. The van der Waals surface area contributed by atoms with Crippen molar-refractivity contribution in [2.24, 2.45) is 0 Å². The first-order chi connectivity index (χ1) is 10.2. The molecule has 0 aliphatic heterocycles. The van der Waals surface area contributed by atoms with Crippen molar-refractivity contribution in [3.05, 3.63) is 0 Å². The molecular weight excluding hydrogens is 284 g/mol. The standard InChI is InChI=1S/C17H34O3S/c1-3-4-5-6-7-8-9-10-11-12-13-14-15-21-17(20-2)16(18)19/h17H,3-15H2,1-2H3,(H,18,19). The summed E-state index contributed by atoms with van der Waals surface area (Å²) in [6.07, 6.45) is 16.0. The number of hydrogen-bond acceptors (Lipinski definition) is 3. The molecular formula is C17H34O3S. The monoisotopic (exact) mass is 318 g/mol. The van der Waals surface area contributed by atoms with Gasteiger partial charge in [0.05, 0.1) is 0 Å². The largest absolute Gasteiger partial charge is 0.479 e. The minimum Gasteiger partial charge on any atom is -0.479 e. The van der Waals surface area contributed by atoms with Gasteiger partial charge in [-0.05, 0) is 12.2 Å². The van der Waals surface area contributed by atoms with E-state index in [1.807, 2.05) is 0 Å². The Morgan fingerprint density at radius 2 is 1.33 bits per heavy atom. The highest BCUT2D eigenvalue weighted by Crippen LogP contribution is 2.16. The summed E-state index contributed by atoms with van der Waals surface area (Å²) in [6.45, 7) is 2.26. The molecule has 0 spiro atoms. The van der Waals surface area contributed by atoms with Gasteiger partial charge in [-0.15, -0.1) is 11.8 Å². The van der Waals surface area contributed by atoms with Gasteiger partial charge < -0.3 is 9.84 Å². The number of ether oxygens (including phenoxy) is 1. The maximum atomic E-state index is 10.7. The number of thioether (sulfide) groups is 1. The summed E-state index contributed by atoms with van der Waals surface area (Å²) >= 11 is 1.39. The number of hydrogen-bond donors (Lipinski definition) is 1. The summed E-state index contributed by atoms with van der Waals surface area (Å²) in [5, 5.41) is 8.82. The first-order valence-corrected chi connectivity index (χ1v) is 9.64. The predicted molar refractivity (Wildman–Crippen MR) is 92.0 cm³/mol. The average molecular weight is 319 g/mol. The van der Waals surface area contributed by atoms with E-state index >= 15 is 0 Å². The Labute approximate surface area is 135 Å². The maximum Gasteiger partial charge on any atom is 0.343 e. The molecule has 126 valence electrons. The summed E-state index contributed by atoms with van der Waals surface area (Å²) < 4.78 is 4.88. The molecule has 0 heterocycles. The molecule has 0 aromatic rings. The zero-order valence-corrected chi connectivity index (χ0v) is 14.8. The fourth-order valence-electron chi connectivity index (χ4n) is 2.37. The SMILES string of the molecule is CCCCCCCCCCCCCCSC(OC)C(=O)O. The lowest BCUT2D eigenvalue weighted by Gasteiger charge is -2.09. The van der Waals surface area contributed by atoms with Crippen LogP contribution in [0.25, 0.3) is 0 Å². The average Bonchev–Trinajstić information content (AvgIpc) is 2.47. The Kier molecular flexibility index (Phi) is 16.0. The number of rotatable bonds is 16. The third-order valence-corrected chi connectivity index (χ3v) is 4.90. The number of aliphatic carboxylic acids is 1. The smallest absolute Gasteiger partial charge is 0.343 e. The highest BCUT2D eigenvalue weighted by atomic mass is 32.2. The van der Waals surface area contributed by atoms with Crippen molar-refractivity contribution in [2.75, 3.05) is 12.9 Å². The van der Waals surface area contributed by atoms with Crippen molar-refractivity contribution in [2.45, 2.75) is 89.4 Å². The van der Waals surface area contributed by atoms with Crippen molar-refractivity contribution in [3.8, 4) is 0 Å². The molecule has 1 unspecified atom stereocenters. The summed E-state index contributed by atoms with van der Waals surface area (Å²) in [4.78, 5) is 10.7. The second-order valence-electron chi connectivity index (χ2n) is 5.67. The third-order valence-electron chi connectivity index (χ3n) is 3.68. The molecule has 0 aliphatic carbocycles. The van der Waals surface area contributed by atoms with Gasteiger partial charge in [0.15, 0.2) is 5.44 Å². The van der Waals surface area contributed by atoms with Crippen LogP contribution >= 0.6 is 11.8 Å². The third kappa shape index (κ3) is 14.5. The van der Waals surface area contributed by atoms with Gasteiger partial charge in [0.25, 0.3) is 0 Å². The van der Waals surface area contributed by atoms with Gasteiger partial charge in [-0.3, -0.25) is 0 Å². The fourth-order valence-corrected chi connectivity index (χ4v) is 3.24. The Bertz CT molecular complexity index is 234. The van der Waals surface area contributed by atoms with E-state index in [0.717, 1.165) is 12.2 Å². The van der Waals surface area contributed by atoms with Gasteiger partial charge in [0.2, 0.25) is 0 Å². The minimum absolute atomic E-state index is 0.697. The summed E-state index contributed by atoms with van der Waals surface area (Å²) in [5.41, 5.74) is -0.697. The van der Waals surface area contributed by atoms with Crippen molar-refractivity contribution in [1.82, 2.24) is 0 Å². The van der Waals surface area contributed by atoms with Crippen LogP contribution in [-0.4, -0.2) is 29.4 Å². The Balaban J connectivity index is 3.14. The molecule has 0 fully saturated rings. The van der Waals surface area contributed by atoms with Crippen molar-refractivity contribution < 1.29 is 14.6 Å². The number of unbranched alkanes of at least 4 members (excludes halogenated alkanes) is 11. The fraction of sp³-hybridized carbons (Fsp3) is 0.941. The molecule has 0 aromatic heterocycles. The molecule has 3 nitrogen and oxygen atoms in total. The van der Waals surface area contributed by atoms with Crippen LogP contribution in [0.4, 0.5) is 0 Å². The van der Waals surface area contributed by atoms with Crippen LogP contribution in [-0.2, 0) is 9.53 Å². The van der Waals surface area contributed by atoms with Crippen LogP contribution < -0.4 is 0 Å². The Morgan fingerprint density at radius 1 is 0.905 bits per heavy atom. The van der Waals surface area contributed by atoms with E-state index < -0.39 is 11.4 Å². The quantitative estimate of drug-likeness (QED) is 0.302. The maximum absolute atomic E-state index is 10.7. The zero-order valence-electron chi connectivity index (χ0n) is 13.9. The van der Waals surface area contributed by atoms with Crippen LogP contribution in [0.5, 0.6) is 0 Å². The van der Waals surface area contributed by atoms with Crippen LogP contribution in [0.1, 0.15) is 84.0 Å². The van der Waals surface area contributed by atoms with Crippen molar-refractivity contribution in [3.63, 3.8) is 0 Å². The summed E-state index contributed by atoms with van der Waals surface area (Å²) in [6, 6.07) is 0. The highest BCUT2D eigenvalue weighted by Gasteiger charge is 2.15. The molecule has 0 saturated heterocycles. The number of carboxylic acids is 1. The van der Waals surface area contributed by atoms with Crippen molar-refractivity contribution in [1.29, 1.82) is 0 Å². The van der Waals surface area contributed by atoms with E-state index in [1.54, 1.807) is 0 Å². The molecule has 4 heteroatoms. The van der Waals surface area contributed by atoms with E-state index in [-0.39, 0.29) is 0 Å². The Hall–Kier alpha value is -0.220. The molecule has 0 radical (unpaired) electrons. The second kappa shape index (κ2) is 16.2. The number of carbonyl (C=O) groups is 1. The number of methoxy groups -OCH3 is 1. The summed E-state index contributed by atoms with van der Waals surface area (Å²) in [5.74, 6) is 0.00355. The molecule has 21 heavy (non-hydrogen) atoms. The van der Waals surface area contributed by atoms with Gasteiger partial charge in [0, 0.05) is 7.11 Å². The minimum atomic E-state index is -0.874. The molecule has 0 aliphatic rings. The molecule has 0 amide bonds. The van der Waals surface area contributed by atoms with Crippen LogP contribution in [0.3, 0.4) is 0 Å². The van der Waals surface area contributed by atoms with E-state index in [2.05, 4.69) is 6.92 Å². The lowest BCUT2D eigenvalue weighted by Crippen LogP contribution is -2.18. The lowest BCUT2D eigenvalue weighted by atomic mass is 10.1. The lowest BCUT2D eigenvalue weighted by molar-refractivity contribution is -0.143. The van der Waals surface area contributed by atoms with Crippen LogP contribution in [0, 0.1) is 0 Å². The molecule has 1 N–H and O–H groups in total. The first kappa shape index (κ1) is 20.8. The first-order valence-electron chi connectivity index (χ1n) is 8.59. The van der Waals surface area contributed by atoms with E-state index in [4.69, 9.17) is 9.84 Å². The topological polar surface area (TPSA) is 46.5 Å². The van der Waals surface area contributed by atoms with Gasteiger partial charge in [-0.1, -0.05) is 77.6 Å². The highest BCUT2D eigenvalue weighted by molar-refractivity contribution is 8.00. The zero-order chi connectivity index (χ0) is 15.8.